The lowest BCUT2D eigenvalue weighted by atomic mass is 10.1. The van der Waals surface area contributed by atoms with Gasteiger partial charge in [0.1, 0.15) is 18.4 Å². The van der Waals surface area contributed by atoms with E-state index in [1.165, 1.54) is 47.4 Å². The van der Waals surface area contributed by atoms with Gasteiger partial charge in [0.2, 0.25) is 21.8 Å². The fraction of sp³-hybridized carbons (Fsp3) is 0.417. The molecule has 0 aromatic heterocycles. The minimum Gasteiger partial charge on any atom is -0.352 e. The van der Waals surface area contributed by atoms with Crippen molar-refractivity contribution in [1.29, 1.82) is 0 Å². The molecule has 0 saturated heterocycles. The molecule has 0 spiro atoms. The number of amides is 2. The number of anilines is 1. The molecule has 192 valence electrons. The monoisotopic (exact) mass is 545 g/mol. The van der Waals surface area contributed by atoms with Gasteiger partial charge >= 0.3 is 0 Å². The number of carbonyl (C=O) groups excluding carboxylic acids is 2. The van der Waals surface area contributed by atoms with Crippen molar-refractivity contribution in [3.05, 3.63) is 63.9 Å². The summed E-state index contributed by atoms with van der Waals surface area (Å²) in [4.78, 5) is 27.9. The molecule has 2 amide bonds. The summed E-state index contributed by atoms with van der Waals surface area (Å²) in [6.45, 7) is 4.91. The van der Waals surface area contributed by atoms with Crippen molar-refractivity contribution < 1.29 is 22.4 Å². The van der Waals surface area contributed by atoms with E-state index in [-0.39, 0.29) is 40.6 Å². The number of halogens is 3. The quantitative estimate of drug-likeness (QED) is 0.446. The van der Waals surface area contributed by atoms with E-state index < -0.39 is 34.3 Å². The van der Waals surface area contributed by atoms with Crippen LogP contribution in [0.25, 0.3) is 0 Å². The predicted molar refractivity (Wildman–Crippen MR) is 138 cm³/mol. The summed E-state index contributed by atoms with van der Waals surface area (Å²) in [5, 5.41) is 3.22. The highest BCUT2D eigenvalue weighted by Gasteiger charge is 2.32. The van der Waals surface area contributed by atoms with Gasteiger partial charge in [-0.15, -0.1) is 0 Å². The first-order valence-electron chi connectivity index (χ1n) is 11.1. The van der Waals surface area contributed by atoms with E-state index in [0.29, 0.717) is 12.0 Å². The van der Waals surface area contributed by atoms with E-state index in [0.717, 1.165) is 10.6 Å². The van der Waals surface area contributed by atoms with Crippen molar-refractivity contribution in [3.8, 4) is 0 Å². The minimum absolute atomic E-state index is 0.0214. The molecule has 2 aromatic carbocycles. The molecule has 0 aliphatic heterocycles. The summed E-state index contributed by atoms with van der Waals surface area (Å²) in [5.74, 6) is -1.42. The number of hydrogen-bond acceptors (Lipinski definition) is 4. The maximum absolute atomic E-state index is 13.6. The van der Waals surface area contributed by atoms with Crippen molar-refractivity contribution in [2.24, 2.45) is 0 Å². The topological polar surface area (TPSA) is 86.8 Å². The van der Waals surface area contributed by atoms with Crippen molar-refractivity contribution in [1.82, 2.24) is 10.2 Å². The Kier molecular flexibility index (Phi) is 10.4. The van der Waals surface area contributed by atoms with E-state index in [1.807, 2.05) is 13.8 Å². The zero-order valence-electron chi connectivity index (χ0n) is 20.1. The Bertz CT molecular complexity index is 1150. The lowest BCUT2D eigenvalue weighted by molar-refractivity contribution is -0.140. The van der Waals surface area contributed by atoms with E-state index >= 15 is 0 Å². The van der Waals surface area contributed by atoms with Gasteiger partial charge in [-0.05, 0) is 55.7 Å². The molecule has 0 saturated carbocycles. The number of nitrogens with one attached hydrogen (secondary N) is 1. The van der Waals surface area contributed by atoms with E-state index in [1.54, 1.807) is 6.92 Å². The highest BCUT2D eigenvalue weighted by Crippen LogP contribution is 2.31. The van der Waals surface area contributed by atoms with Crippen LogP contribution in [0.5, 0.6) is 0 Å². The molecule has 35 heavy (non-hydrogen) atoms. The summed E-state index contributed by atoms with van der Waals surface area (Å²) < 4.78 is 39.6. The Hall–Kier alpha value is -2.36. The van der Waals surface area contributed by atoms with Gasteiger partial charge in [0.05, 0.1) is 17.0 Å². The fourth-order valence-electron chi connectivity index (χ4n) is 3.42. The van der Waals surface area contributed by atoms with Crippen LogP contribution < -0.4 is 9.62 Å². The summed E-state index contributed by atoms with van der Waals surface area (Å²) in [5.41, 5.74) is 0.634. The molecule has 7 nitrogen and oxygen atoms in total. The van der Waals surface area contributed by atoms with Crippen LogP contribution in [0.4, 0.5) is 10.1 Å². The lowest BCUT2D eigenvalue weighted by Gasteiger charge is -2.33. The van der Waals surface area contributed by atoms with Crippen LogP contribution >= 0.6 is 23.2 Å². The maximum Gasteiger partial charge on any atom is 0.244 e. The van der Waals surface area contributed by atoms with Crippen LogP contribution in [0, 0.1) is 5.82 Å². The molecule has 2 aromatic rings. The zero-order chi connectivity index (χ0) is 26.3. The van der Waals surface area contributed by atoms with E-state index in [2.05, 4.69) is 5.32 Å². The summed E-state index contributed by atoms with van der Waals surface area (Å²) in [6, 6.07) is 8.84. The third-order valence-electron chi connectivity index (χ3n) is 5.51. The highest BCUT2D eigenvalue weighted by atomic mass is 35.5. The summed E-state index contributed by atoms with van der Waals surface area (Å²) in [7, 11) is -3.95. The number of nitrogens with zero attached hydrogens (tertiary/aromatic N) is 2. The second-order valence-electron chi connectivity index (χ2n) is 8.26. The smallest absolute Gasteiger partial charge is 0.244 e. The normalized spacial score (nSPS) is 13.1. The largest absolute Gasteiger partial charge is 0.352 e. The third kappa shape index (κ3) is 8.08. The van der Waals surface area contributed by atoms with Crippen molar-refractivity contribution in [2.45, 2.75) is 52.2 Å². The Labute approximate surface area is 216 Å². The second-order valence-corrected chi connectivity index (χ2v) is 11.0. The summed E-state index contributed by atoms with van der Waals surface area (Å²) >= 11 is 12.3. The number of carbonyl (C=O) groups is 2. The standard InChI is InChI=1S/C24H30Cl2FN3O4S/c1-5-16(3)28-24(32)21(6-2)29(14-17-7-10-19(27)11-8-17)23(31)15-30(35(4,33)34)22-13-18(25)9-12-20(22)26/h7-13,16,21H,5-6,14-15H2,1-4H3,(H,28,32)/t16-,21+/m1/s1. The fourth-order valence-corrected chi connectivity index (χ4v) is 4.71. The molecule has 0 radical (unpaired) electrons. The molecule has 0 heterocycles. The Morgan fingerprint density at radius 2 is 1.69 bits per heavy atom. The van der Waals surface area contributed by atoms with Crippen LogP contribution in [0.2, 0.25) is 10.0 Å². The molecule has 0 aliphatic rings. The Morgan fingerprint density at radius 3 is 2.23 bits per heavy atom. The first kappa shape index (κ1) is 28.9. The van der Waals surface area contributed by atoms with Crippen molar-refractivity contribution in [3.63, 3.8) is 0 Å². The Morgan fingerprint density at radius 1 is 1.06 bits per heavy atom. The SMILES string of the molecule is CC[C@@H](C)NC(=O)[C@H](CC)N(Cc1ccc(F)cc1)C(=O)CN(c1cc(Cl)ccc1Cl)S(C)(=O)=O. The molecular weight excluding hydrogens is 516 g/mol. The van der Waals surface area contributed by atoms with Crippen molar-refractivity contribution >= 4 is 50.7 Å². The molecule has 0 unspecified atom stereocenters. The van der Waals surface area contributed by atoms with Gasteiger partial charge in [-0.1, -0.05) is 49.2 Å². The molecule has 0 aliphatic carbocycles. The molecule has 1 N–H and O–H groups in total. The molecule has 2 rings (SSSR count). The van der Waals surface area contributed by atoms with Gasteiger partial charge in [-0.3, -0.25) is 13.9 Å². The van der Waals surface area contributed by atoms with Crippen molar-refractivity contribution in [2.75, 3.05) is 17.1 Å². The van der Waals surface area contributed by atoms with E-state index in [9.17, 15) is 22.4 Å². The molecule has 0 fully saturated rings. The van der Waals surface area contributed by atoms with Crippen LogP contribution in [0.15, 0.2) is 42.5 Å². The third-order valence-corrected chi connectivity index (χ3v) is 7.19. The summed E-state index contributed by atoms with van der Waals surface area (Å²) in [6.07, 6.45) is 1.93. The maximum atomic E-state index is 13.6. The zero-order valence-corrected chi connectivity index (χ0v) is 22.4. The van der Waals surface area contributed by atoms with Crippen LogP contribution in [0.3, 0.4) is 0 Å². The minimum atomic E-state index is -3.95. The highest BCUT2D eigenvalue weighted by molar-refractivity contribution is 7.92. The van der Waals surface area contributed by atoms with Crippen LogP contribution in [-0.4, -0.2) is 50.0 Å². The number of hydrogen-bond donors (Lipinski definition) is 1. The first-order chi connectivity index (χ1) is 16.4. The number of rotatable bonds is 11. The van der Waals surface area contributed by atoms with Gasteiger partial charge in [0.25, 0.3) is 0 Å². The van der Waals surface area contributed by atoms with Gasteiger partial charge in [0.15, 0.2) is 0 Å². The van der Waals surface area contributed by atoms with Gasteiger partial charge in [-0.2, -0.15) is 0 Å². The van der Waals surface area contributed by atoms with Crippen LogP contribution in [-0.2, 0) is 26.2 Å². The van der Waals surface area contributed by atoms with Gasteiger partial charge in [0, 0.05) is 17.6 Å². The first-order valence-corrected chi connectivity index (χ1v) is 13.7. The molecule has 2 atom stereocenters. The van der Waals surface area contributed by atoms with E-state index in [4.69, 9.17) is 23.2 Å². The van der Waals surface area contributed by atoms with Crippen LogP contribution in [0.1, 0.15) is 39.2 Å². The average molecular weight is 546 g/mol. The average Bonchev–Trinajstić information content (AvgIpc) is 2.79. The number of benzene rings is 2. The molecule has 11 heteroatoms. The molecular formula is C24H30Cl2FN3O4S. The van der Waals surface area contributed by atoms with Gasteiger partial charge < -0.3 is 10.2 Å². The number of sulfonamides is 1. The predicted octanol–water partition coefficient (Wildman–Crippen LogP) is 4.62. The molecule has 0 bridgehead atoms. The lowest BCUT2D eigenvalue weighted by Crippen LogP contribution is -2.53. The van der Waals surface area contributed by atoms with Gasteiger partial charge in [-0.25, -0.2) is 12.8 Å². The Balaban J connectivity index is 2.47. The second kappa shape index (κ2) is 12.6.